The fourth-order valence-corrected chi connectivity index (χ4v) is 2.15. The lowest BCUT2D eigenvalue weighted by atomic mass is 9.89. The smallest absolute Gasteiger partial charge is 0.154 e. The highest BCUT2D eigenvalue weighted by Gasteiger charge is 2.20. The fraction of sp³-hybridized carbons (Fsp3) is 0.800. The Balaban J connectivity index is 2.14. The van der Waals surface area contributed by atoms with Crippen LogP contribution in [-0.2, 0) is 13.6 Å². The molecule has 2 N–H and O–H groups in total. The van der Waals surface area contributed by atoms with E-state index in [1.165, 1.54) is 32.1 Å². The van der Waals surface area contributed by atoms with Gasteiger partial charge in [-0.15, -0.1) is 0 Å². The van der Waals surface area contributed by atoms with E-state index in [4.69, 9.17) is 5.73 Å². The van der Waals surface area contributed by atoms with Crippen LogP contribution >= 0.6 is 0 Å². The Labute approximate surface area is 84.5 Å². The van der Waals surface area contributed by atoms with Crippen LogP contribution in [0.15, 0.2) is 0 Å². The normalized spacial score (nSPS) is 18.7. The Bertz CT molecular complexity index is 299. The molecule has 14 heavy (non-hydrogen) atoms. The van der Waals surface area contributed by atoms with E-state index >= 15 is 0 Å². The Morgan fingerprint density at radius 2 is 2.07 bits per heavy atom. The average molecular weight is 194 g/mol. The molecule has 1 aromatic rings. The van der Waals surface area contributed by atoms with Crippen molar-refractivity contribution in [2.75, 3.05) is 0 Å². The SMILES string of the molecule is Cn1nc(C2CCCCC2)nc1CN. The van der Waals surface area contributed by atoms with Gasteiger partial charge in [0.15, 0.2) is 5.82 Å². The van der Waals surface area contributed by atoms with Gasteiger partial charge in [0, 0.05) is 13.0 Å². The number of rotatable bonds is 2. The molecule has 1 heterocycles. The zero-order valence-electron chi connectivity index (χ0n) is 8.74. The van der Waals surface area contributed by atoms with Crippen LogP contribution in [0, 0.1) is 0 Å². The summed E-state index contributed by atoms with van der Waals surface area (Å²) >= 11 is 0. The Kier molecular flexibility index (Phi) is 2.82. The van der Waals surface area contributed by atoms with Gasteiger partial charge < -0.3 is 5.73 Å². The van der Waals surface area contributed by atoms with Crippen molar-refractivity contribution in [2.45, 2.75) is 44.6 Å². The van der Waals surface area contributed by atoms with Crippen LogP contribution in [0.3, 0.4) is 0 Å². The van der Waals surface area contributed by atoms with Crippen molar-refractivity contribution in [3.63, 3.8) is 0 Å². The summed E-state index contributed by atoms with van der Waals surface area (Å²) in [4.78, 5) is 4.48. The lowest BCUT2D eigenvalue weighted by molar-refractivity contribution is 0.427. The summed E-state index contributed by atoms with van der Waals surface area (Å²) in [5.41, 5.74) is 5.57. The highest BCUT2D eigenvalue weighted by Crippen LogP contribution is 2.30. The van der Waals surface area contributed by atoms with Crippen molar-refractivity contribution in [3.05, 3.63) is 11.6 Å². The second-order valence-corrected chi connectivity index (χ2v) is 4.05. The topological polar surface area (TPSA) is 56.7 Å². The van der Waals surface area contributed by atoms with E-state index in [1.807, 2.05) is 11.7 Å². The maximum absolute atomic E-state index is 5.57. The Hall–Kier alpha value is -0.900. The zero-order chi connectivity index (χ0) is 9.97. The number of aryl methyl sites for hydroxylation is 1. The third-order valence-electron chi connectivity index (χ3n) is 3.02. The molecule has 4 heteroatoms. The molecule has 0 spiro atoms. The molecule has 1 aliphatic carbocycles. The van der Waals surface area contributed by atoms with Gasteiger partial charge in [0.25, 0.3) is 0 Å². The monoisotopic (exact) mass is 194 g/mol. The predicted molar refractivity (Wildman–Crippen MR) is 54.7 cm³/mol. The maximum Gasteiger partial charge on any atom is 0.154 e. The Morgan fingerprint density at radius 3 is 2.64 bits per heavy atom. The Morgan fingerprint density at radius 1 is 1.36 bits per heavy atom. The van der Waals surface area contributed by atoms with Crippen molar-refractivity contribution in [1.82, 2.24) is 14.8 Å². The number of aromatic nitrogens is 3. The molecule has 0 unspecified atom stereocenters. The molecular weight excluding hydrogens is 176 g/mol. The van der Waals surface area contributed by atoms with Gasteiger partial charge in [-0.05, 0) is 12.8 Å². The minimum Gasteiger partial charge on any atom is -0.324 e. The van der Waals surface area contributed by atoms with Crippen molar-refractivity contribution >= 4 is 0 Å². The van der Waals surface area contributed by atoms with Crippen molar-refractivity contribution in [1.29, 1.82) is 0 Å². The number of nitrogens with zero attached hydrogens (tertiary/aromatic N) is 3. The van der Waals surface area contributed by atoms with E-state index in [1.54, 1.807) is 0 Å². The fourth-order valence-electron chi connectivity index (χ4n) is 2.15. The summed E-state index contributed by atoms with van der Waals surface area (Å²) in [5.74, 6) is 2.48. The molecule has 1 aliphatic rings. The lowest BCUT2D eigenvalue weighted by Crippen LogP contribution is -2.06. The third kappa shape index (κ3) is 1.80. The molecule has 1 fully saturated rings. The highest BCUT2D eigenvalue weighted by molar-refractivity contribution is 5.00. The van der Waals surface area contributed by atoms with Gasteiger partial charge in [0.2, 0.25) is 0 Å². The predicted octanol–water partition coefficient (Wildman–Crippen LogP) is 1.32. The van der Waals surface area contributed by atoms with Gasteiger partial charge in [-0.3, -0.25) is 4.68 Å². The van der Waals surface area contributed by atoms with Gasteiger partial charge in [-0.25, -0.2) is 4.98 Å². The summed E-state index contributed by atoms with van der Waals surface area (Å²) in [6.45, 7) is 0.482. The quantitative estimate of drug-likeness (QED) is 0.772. The molecule has 2 rings (SSSR count). The van der Waals surface area contributed by atoms with Gasteiger partial charge in [-0.2, -0.15) is 5.10 Å². The van der Waals surface area contributed by atoms with Gasteiger partial charge >= 0.3 is 0 Å². The lowest BCUT2D eigenvalue weighted by Gasteiger charge is -2.18. The molecule has 0 aliphatic heterocycles. The van der Waals surface area contributed by atoms with E-state index in [0.717, 1.165) is 11.6 Å². The molecule has 1 saturated carbocycles. The summed E-state index contributed by atoms with van der Waals surface area (Å²) < 4.78 is 1.81. The third-order valence-corrected chi connectivity index (χ3v) is 3.02. The first-order valence-electron chi connectivity index (χ1n) is 5.41. The van der Waals surface area contributed by atoms with Crippen LogP contribution in [0.1, 0.15) is 49.7 Å². The standard InChI is InChI=1S/C10H18N4/c1-14-9(7-11)12-10(13-14)8-5-3-2-4-6-8/h8H,2-7,11H2,1H3. The van der Waals surface area contributed by atoms with Crippen molar-refractivity contribution in [2.24, 2.45) is 12.8 Å². The first-order valence-corrected chi connectivity index (χ1v) is 5.41. The van der Waals surface area contributed by atoms with Crippen LogP contribution in [0.25, 0.3) is 0 Å². The van der Waals surface area contributed by atoms with Crippen molar-refractivity contribution < 1.29 is 0 Å². The highest BCUT2D eigenvalue weighted by atomic mass is 15.3. The van der Waals surface area contributed by atoms with E-state index in [-0.39, 0.29) is 0 Å². The van der Waals surface area contributed by atoms with E-state index < -0.39 is 0 Å². The minimum atomic E-state index is 0.482. The maximum atomic E-state index is 5.57. The molecule has 0 atom stereocenters. The second-order valence-electron chi connectivity index (χ2n) is 4.05. The van der Waals surface area contributed by atoms with Gasteiger partial charge in [0.1, 0.15) is 5.82 Å². The van der Waals surface area contributed by atoms with E-state index in [9.17, 15) is 0 Å². The van der Waals surface area contributed by atoms with E-state index in [2.05, 4.69) is 10.1 Å². The second kappa shape index (κ2) is 4.09. The zero-order valence-corrected chi connectivity index (χ0v) is 8.74. The van der Waals surface area contributed by atoms with Gasteiger partial charge in [-0.1, -0.05) is 19.3 Å². The average Bonchev–Trinajstić information content (AvgIpc) is 2.61. The first-order chi connectivity index (χ1) is 6.81. The minimum absolute atomic E-state index is 0.482. The largest absolute Gasteiger partial charge is 0.324 e. The summed E-state index contributed by atoms with van der Waals surface area (Å²) in [7, 11) is 1.92. The molecular formula is C10H18N4. The van der Waals surface area contributed by atoms with E-state index in [0.29, 0.717) is 12.5 Å². The van der Waals surface area contributed by atoms with Crippen LogP contribution in [-0.4, -0.2) is 14.8 Å². The summed E-state index contributed by atoms with van der Waals surface area (Å²) in [5, 5.41) is 4.43. The molecule has 78 valence electrons. The molecule has 0 bridgehead atoms. The van der Waals surface area contributed by atoms with Crippen LogP contribution in [0.5, 0.6) is 0 Å². The van der Waals surface area contributed by atoms with Crippen LogP contribution in [0.4, 0.5) is 0 Å². The summed E-state index contributed by atoms with van der Waals surface area (Å²) in [6.07, 6.45) is 6.50. The molecule has 1 aromatic heterocycles. The van der Waals surface area contributed by atoms with Crippen LogP contribution in [0.2, 0.25) is 0 Å². The molecule has 4 nitrogen and oxygen atoms in total. The molecule has 0 aromatic carbocycles. The first kappa shape index (κ1) is 9.65. The molecule has 0 amide bonds. The number of nitrogens with two attached hydrogens (primary N) is 1. The molecule has 0 saturated heterocycles. The number of hydrogen-bond acceptors (Lipinski definition) is 3. The van der Waals surface area contributed by atoms with Gasteiger partial charge in [0.05, 0.1) is 6.54 Å². The molecule has 0 radical (unpaired) electrons. The number of hydrogen-bond donors (Lipinski definition) is 1. The summed E-state index contributed by atoms with van der Waals surface area (Å²) in [6, 6.07) is 0. The van der Waals surface area contributed by atoms with Crippen molar-refractivity contribution in [3.8, 4) is 0 Å². The van der Waals surface area contributed by atoms with Crippen LogP contribution < -0.4 is 5.73 Å².